The number of aliphatic hydroxyl groups is 1. The van der Waals surface area contributed by atoms with E-state index in [0.717, 1.165) is 11.1 Å². The summed E-state index contributed by atoms with van der Waals surface area (Å²) >= 11 is 0. The number of anilines is 1. The van der Waals surface area contributed by atoms with Gasteiger partial charge in [-0.15, -0.1) is 0 Å². The topological polar surface area (TPSA) is 55.5 Å². The highest BCUT2D eigenvalue weighted by atomic mass is 16.5. The zero-order chi connectivity index (χ0) is 10.9. The van der Waals surface area contributed by atoms with Crippen LogP contribution in [0.5, 0.6) is 0 Å². The van der Waals surface area contributed by atoms with Gasteiger partial charge in [-0.3, -0.25) is 0 Å². The van der Waals surface area contributed by atoms with Crippen LogP contribution >= 0.6 is 0 Å². The van der Waals surface area contributed by atoms with Crippen molar-refractivity contribution in [3.05, 3.63) is 29.3 Å². The van der Waals surface area contributed by atoms with Gasteiger partial charge in [-0.25, -0.2) is 0 Å². The van der Waals surface area contributed by atoms with Gasteiger partial charge in [0.25, 0.3) is 0 Å². The fourth-order valence-electron chi connectivity index (χ4n) is 2.29. The van der Waals surface area contributed by atoms with E-state index in [9.17, 15) is 5.11 Å². The summed E-state index contributed by atoms with van der Waals surface area (Å²) in [6.07, 6.45) is 1.25. The second kappa shape index (κ2) is 3.83. The van der Waals surface area contributed by atoms with Crippen molar-refractivity contribution in [2.75, 3.05) is 18.9 Å². The third-order valence-corrected chi connectivity index (χ3v) is 3.09. The van der Waals surface area contributed by atoms with Gasteiger partial charge in [-0.05, 0) is 18.6 Å². The molecule has 0 aliphatic carbocycles. The van der Waals surface area contributed by atoms with Crippen molar-refractivity contribution in [1.82, 2.24) is 0 Å². The lowest BCUT2D eigenvalue weighted by Crippen LogP contribution is -2.34. The zero-order valence-corrected chi connectivity index (χ0v) is 8.99. The highest BCUT2D eigenvalue weighted by Gasteiger charge is 2.34. The van der Waals surface area contributed by atoms with Crippen LogP contribution < -0.4 is 5.73 Å². The maximum absolute atomic E-state index is 10.5. The van der Waals surface area contributed by atoms with Gasteiger partial charge in [0.15, 0.2) is 0 Å². The molecule has 0 aromatic heterocycles. The Labute approximate surface area is 89.9 Å². The molecule has 2 rings (SSSR count). The lowest BCUT2D eigenvalue weighted by atomic mass is 9.83. The molecular formula is C12H17NO2. The summed E-state index contributed by atoms with van der Waals surface area (Å²) in [5.74, 6) is 0. The van der Waals surface area contributed by atoms with Crippen molar-refractivity contribution in [3.8, 4) is 0 Å². The first kappa shape index (κ1) is 10.5. The Kier molecular flexibility index (Phi) is 2.67. The van der Waals surface area contributed by atoms with E-state index < -0.39 is 5.60 Å². The summed E-state index contributed by atoms with van der Waals surface area (Å²) < 4.78 is 5.27. The maximum atomic E-state index is 10.5. The molecule has 1 aliphatic heterocycles. The number of hydrogen-bond acceptors (Lipinski definition) is 3. The Morgan fingerprint density at radius 1 is 1.33 bits per heavy atom. The number of rotatable bonds is 1. The molecule has 0 radical (unpaired) electrons. The van der Waals surface area contributed by atoms with Crippen LogP contribution in [0.4, 0.5) is 5.69 Å². The van der Waals surface area contributed by atoms with Crippen LogP contribution in [0.25, 0.3) is 0 Å². The molecule has 3 N–H and O–H groups in total. The van der Waals surface area contributed by atoms with Crippen molar-refractivity contribution in [3.63, 3.8) is 0 Å². The Hall–Kier alpha value is -1.06. The smallest absolute Gasteiger partial charge is 0.0962 e. The first-order valence-electron chi connectivity index (χ1n) is 5.29. The van der Waals surface area contributed by atoms with E-state index in [1.165, 1.54) is 0 Å². The van der Waals surface area contributed by atoms with E-state index in [-0.39, 0.29) is 0 Å². The molecular weight excluding hydrogens is 190 g/mol. The van der Waals surface area contributed by atoms with Gasteiger partial charge in [0.2, 0.25) is 0 Å². The zero-order valence-electron chi connectivity index (χ0n) is 8.99. The van der Waals surface area contributed by atoms with Crippen LogP contribution in [0, 0.1) is 6.92 Å². The van der Waals surface area contributed by atoms with Crippen molar-refractivity contribution < 1.29 is 9.84 Å². The van der Waals surface area contributed by atoms with E-state index >= 15 is 0 Å². The van der Waals surface area contributed by atoms with Crippen LogP contribution in [-0.4, -0.2) is 18.3 Å². The Bertz CT molecular complexity index is 336. The summed E-state index contributed by atoms with van der Waals surface area (Å²) in [4.78, 5) is 0. The Morgan fingerprint density at radius 3 is 2.60 bits per heavy atom. The Morgan fingerprint density at radius 2 is 2.00 bits per heavy atom. The minimum Gasteiger partial charge on any atom is -0.398 e. The second-order valence-electron chi connectivity index (χ2n) is 4.18. The fourth-order valence-corrected chi connectivity index (χ4v) is 2.29. The molecule has 1 aromatic rings. The lowest BCUT2D eigenvalue weighted by molar-refractivity contribution is -0.0677. The maximum Gasteiger partial charge on any atom is 0.0962 e. The van der Waals surface area contributed by atoms with Gasteiger partial charge < -0.3 is 15.6 Å². The molecule has 1 fully saturated rings. The van der Waals surface area contributed by atoms with Crippen molar-refractivity contribution in [2.45, 2.75) is 25.4 Å². The number of benzene rings is 1. The molecule has 1 saturated heterocycles. The summed E-state index contributed by atoms with van der Waals surface area (Å²) in [5, 5.41) is 10.5. The number of nitrogen functional groups attached to an aromatic ring is 1. The van der Waals surface area contributed by atoms with E-state index in [2.05, 4.69) is 0 Å². The van der Waals surface area contributed by atoms with Crippen LogP contribution in [0.15, 0.2) is 18.2 Å². The molecule has 3 nitrogen and oxygen atoms in total. The second-order valence-corrected chi connectivity index (χ2v) is 4.18. The van der Waals surface area contributed by atoms with Gasteiger partial charge >= 0.3 is 0 Å². The number of aryl methyl sites for hydroxylation is 1. The minimum atomic E-state index is -0.798. The number of ether oxygens (including phenoxy) is 1. The molecule has 0 saturated carbocycles. The van der Waals surface area contributed by atoms with Crippen LogP contribution in [0.2, 0.25) is 0 Å². The summed E-state index contributed by atoms with van der Waals surface area (Å²) in [6.45, 7) is 3.19. The van der Waals surface area contributed by atoms with E-state index in [1.807, 2.05) is 25.1 Å². The van der Waals surface area contributed by atoms with Gasteiger partial charge in [0.1, 0.15) is 0 Å². The summed E-state index contributed by atoms with van der Waals surface area (Å²) in [5.41, 5.74) is 7.76. The monoisotopic (exact) mass is 207 g/mol. The third kappa shape index (κ3) is 1.85. The lowest BCUT2D eigenvalue weighted by Gasteiger charge is -2.34. The molecule has 0 atom stereocenters. The molecule has 82 valence electrons. The average molecular weight is 207 g/mol. The van der Waals surface area contributed by atoms with Crippen LogP contribution in [-0.2, 0) is 10.3 Å². The molecule has 3 heteroatoms. The van der Waals surface area contributed by atoms with Gasteiger partial charge in [0.05, 0.1) is 5.60 Å². The van der Waals surface area contributed by atoms with Crippen LogP contribution in [0.1, 0.15) is 24.0 Å². The van der Waals surface area contributed by atoms with Crippen LogP contribution in [0.3, 0.4) is 0 Å². The number of hydrogen-bond donors (Lipinski definition) is 2. The first-order valence-corrected chi connectivity index (χ1v) is 5.29. The fraction of sp³-hybridized carbons (Fsp3) is 0.500. The molecule has 0 amide bonds. The van der Waals surface area contributed by atoms with Crippen molar-refractivity contribution in [1.29, 1.82) is 0 Å². The molecule has 1 heterocycles. The predicted molar refractivity (Wildman–Crippen MR) is 59.5 cm³/mol. The van der Waals surface area contributed by atoms with Gasteiger partial charge in [-0.1, -0.05) is 12.1 Å². The van der Waals surface area contributed by atoms with E-state index in [4.69, 9.17) is 10.5 Å². The average Bonchev–Trinajstić information content (AvgIpc) is 2.18. The molecule has 1 aliphatic rings. The molecule has 0 bridgehead atoms. The van der Waals surface area contributed by atoms with E-state index in [1.54, 1.807) is 0 Å². The molecule has 15 heavy (non-hydrogen) atoms. The Balaban J connectivity index is 2.42. The van der Waals surface area contributed by atoms with Gasteiger partial charge in [-0.2, -0.15) is 0 Å². The predicted octanol–water partition coefficient (Wildman–Crippen LogP) is 1.58. The largest absolute Gasteiger partial charge is 0.398 e. The minimum absolute atomic E-state index is 0.601. The summed E-state index contributed by atoms with van der Waals surface area (Å²) in [6, 6.07) is 5.74. The SMILES string of the molecule is Cc1cccc(N)c1C1(O)CCOCC1. The summed E-state index contributed by atoms with van der Waals surface area (Å²) in [7, 11) is 0. The highest BCUT2D eigenvalue weighted by molar-refractivity contribution is 5.53. The highest BCUT2D eigenvalue weighted by Crippen LogP contribution is 2.37. The third-order valence-electron chi connectivity index (χ3n) is 3.09. The molecule has 0 spiro atoms. The molecule has 0 unspecified atom stereocenters. The van der Waals surface area contributed by atoms with Crippen molar-refractivity contribution in [2.24, 2.45) is 0 Å². The standard InChI is InChI=1S/C12H17NO2/c1-9-3-2-4-10(13)11(9)12(14)5-7-15-8-6-12/h2-4,14H,5-8,13H2,1H3. The normalized spacial score (nSPS) is 20.1. The molecule has 1 aromatic carbocycles. The van der Waals surface area contributed by atoms with Crippen molar-refractivity contribution >= 4 is 5.69 Å². The number of nitrogens with two attached hydrogens (primary N) is 1. The first-order chi connectivity index (χ1) is 7.13. The van der Waals surface area contributed by atoms with Gasteiger partial charge in [0, 0.05) is 37.3 Å². The quantitative estimate of drug-likeness (QED) is 0.687. The van der Waals surface area contributed by atoms with E-state index in [0.29, 0.717) is 31.7 Å².